The van der Waals surface area contributed by atoms with Gasteiger partial charge in [-0.25, -0.2) is 0 Å². The molecule has 0 aliphatic carbocycles. The van der Waals surface area contributed by atoms with Crippen molar-refractivity contribution in [2.75, 3.05) is 21.3 Å². The molecule has 0 fully saturated rings. The number of fused-ring (bicyclic) bond motifs is 1. The second-order valence-corrected chi connectivity index (χ2v) is 4.28. The number of ether oxygens (including phenoxy) is 3. The Kier molecular flexibility index (Phi) is 4.03. The van der Waals surface area contributed by atoms with Gasteiger partial charge in [-0.1, -0.05) is 0 Å². The third-order valence-electron chi connectivity index (χ3n) is 2.79. The predicted molar refractivity (Wildman–Crippen MR) is 68.2 cm³/mol. The number of benzene rings is 2. The summed E-state index contributed by atoms with van der Waals surface area (Å²) in [5.41, 5.74) is 0.857. The van der Waals surface area contributed by atoms with E-state index in [-0.39, 0.29) is 0 Å². The molecule has 3 nitrogen and oxygen atoms in total. The molecule has 0 radical (unpaired) electrons. The Morgan fingerprint density at radius 2 is 1.67 bits per heavy atom. The van der Waals surface area contributed by atoms with Crippen molar-refractivity contribution in [3.05, 3.63) is 35.9 Å². The van der Waals surface area contributed by atoms with E-state index in [0.717, 1.165) is 27.8 Å². The molecule has 0 aliphatic rings. The third-order valence-corrected chi connectivity index (χ3v) is 3.39. The summed E-state index contributed by atoms with van der Waals surface area (Å²) in [6.45, 7) is 0. The van der Waals surface area contributed by atoms with Gasteiger partial charge in [0, 0.05) is 0 Å². The summed E-state index contributed by atoms with van der Waals surface area (Å²) in [6, 6.07) is 9.87. The van der Waals surface area contributed by atoms with Gasteiger partial charge in [0.15, 0.2) is 0 Å². The summed E-state index contributed by atoms with van der Waals surface area (Å²) < 4.78 is 16.9. The first-order chi connectivity index (χ1) is 8.72. The van der Waals surface area contributed by atoms with Crippen molar-refractivity contribution in [1.29, 1.82) is 0 Å². The standard InChI is InChI=1S/C14H14O3.Cr/c1-15-9-10-8-13(16-2)11-6-4-5-7-12(11)14(10)17-3;/h4-8H,1-3H3;. The van der Waals surface area contributed by atoms with E-state index >= 15 is 0 Å². The minimum absolute atomic E-state index is 0.677. The molecule has 0 aliphatic heterocycles. The van der Waals surface area contributed by atoms with Gasteiger partial charge in [0.2, 0.25) is 0 Å². The molecule has 0 N–H and O–H groups in total. The van der Waals surface area contributed by atoms with Gasteiger partial charge in [-0.15, -0.1) is 0 Å². The molecule has 4 heteroatoms. The van der Waals surface area contributed by atoms with E-state index < -0.39 is 0 Å². The maximum absolute atomic E-state index is 5.50. The molecule has 0 atom stereocenters. The van der Waals surface area contributed by atoms with Crippen LogP contribution in [0.15, 0.2) is 30.3 Å². The molecular formula is C14H14CrO3. The summed E-state index contributed by atoms with van der Waals surface area (Å²) >= 11 is 2.89. The van der Waals surface area contributed by atoms with E-state index in [1.807, 2.05) is 30.3 Å². The SMILES string of the molecule is CO[C](=[Cr])c1cc(OC)c2ccccc2c1OC. The Labute approximate surface area is 114 Å². The summed E-state index contributed by atoms with van der Waals surface area (Å²) in [5.74, 6) is 1.58. The van der Waals surface area contributed by atoms with Gasteiger partial charge in [0.05, 0.1) is 0 Å². The quantitative estimate of drug-likeness (QED) is 0.862. The Morgan fingerprint density at radius 3 is 2.22 bits per heavy atom. The molecule has 0 aromatic heterocycles. The van der Waals surface area contributed by atoms with Crippen LogP contribution in [-0.2, 0) is 20.6 Å². The second kappa shape index (κ2) is 5.54. The van der Waals surface area contributed by atoms with Crippen LogP contribution in [0.3, 0.4) is 0 Å². The maximum atomic E-state index is 5.50. The van der Waals surface area contributed by atoms with E-state index in [1.165, 1.54) is 0 Å². The van der Waals surface area contributed by atoms with Crippen molar-refractivity contribution in [2.24, 2.45) is 0 Å². The second-order valence-electron chi connectivity index (χ2n) is 3.70. The van der Waals surface area contributed by atoms with Crippen molar-refractivity contribution in [3.63, 3.8) is 0 Å². The van der Waals surface area contributed by atoms with Crippen LogP contribution in [0.5, 0.6) is 11.5 Å². The van der Waals surface area contributed by atoms with Crippen molar-refractivity contribution < 1.29 is 30.1 Å². The van der Waals surface area contributed by atoms with Gasteiger partial charge in [0.25, 0.3) is 0 Å². The van der Waals surface area contributed by atoms with Crippen LogP contribution in [0.2, 0.25) is 0 Å². The van der Waals surface area contributed by atoms with E-state index in [1.54, 1.807) is 21.3 Å². The first-order valence-electron chi connectivity index (χ1n) is 5.45. The Bertz CT molecular complexity index is 593. The number of methoxy groups -OCH3 is 3. The number of hydrogen-bond acceptors (Lipinski definition) is 3. The first kappa shape index (κ1) is 13.1. The van der Waals surface area contributed by atoms with E-state index in [4.69, 9.17) is 14.2 Å². The van der Waals surface area contributed by atoms with E-state index in [2.05, 4.69) is 15.9 Å². The topological polar surface area (TPSA) is 27.7 Å². The van der Waals surface area contributed by atoms with Crippen molar-refractivity contribution in [3.8, 4) is 11.5 Å². The van der Waals surface area contributed by atoms with Crippen LogP contribution in [0.1, 0.15) is 5.56 Å². The minimum atomic E-state index is 0.677. The molecule has 2 aromatic carbocycles. The molecule has 94 valence electrons. The molecular weight excluding hydrogens is 268 g/mol. The zero-order valence-electron chi connectivity index (χ0n) is 10.5. The van der Waals surface area contributed by atoms with Gasteiger partial charge < -0.3 is 0 Å². The Balaban J connectivity index is 2.83. The van der Waals surface area contributed by atoms with E-state index in [0.29, 0.717) is 4.57 Å². The summed E-state index contributed by atoms with van der Waals surface area (Å²) in [4.78, 5) is 0. The summed E-state index contributed by atoms with van der Waals surface area (Å²) in [7, 11) is 4.93. The van der Waals surface area contributed by atoms with Crippen molar-refractivity contribution in [1.82, 2.24) is 0 Å². The average Bonchev–Trinajstić information content (AvgIpc) is 2.44. The fraction of sp³-hybridized carbons (Fsp3) is 0.214. The van der Waals surface area contributed by atoms with Crippen LogP contribution >= 0.6 is 0 Å². The van der Waals surface area contributed by atoms with Crippen LogP contribution in [0.4, 0.5) is 0 Å². The molecule has 18 heavy (non-hydrogen) atoms. The first-order valence-corrected chi connectivity index (χ1v) is 6.08. The average molecular weight is 282 g/mol. The Morgan fingerprint density at radius 1 is 1.00 bits per heavy atom. The molecule has 0 amide bonds. The molecule has 0 bridgehead atoms. The molecule has 2 rings (SSSR count). The molecule has 0 spiro atoms. The number of hydrogen-bond donors (Lipinski definition) is 0. The van der Waals surface area contributed by atoms with Crippen molar-refractivity contribution in [2.45, 2.75) is 0 Å². The fourth-order valence-corrected chi connectivity index (χ4v) is 2.20. The molecule has 2 aromatic rings. The molecule has 0 saturated heterocycles. The van der Waals surface area contributed by atoms with Gasteiger partial charge in [-0.3, -0.25) is 0 Å². The summed E-state index contributed by atoms with van der Waals surface area (Å²) in [5, 5.41) is 2.02. The van der Waals surface area contributed by atoms with Gasteiger partial charge in [0.1, 0.15) is 0 Å². The Hall–Kier alpha value is -1.34. The van der Waals surface area contributed by atoms with Crippen molar-refractivity contribution >= 4 is 15.3 Å². The molecule has 0 heterocycles. The van der Waals surface area contributed by atoms with Crippen LogP contribution in [0.25, 0.3) is 10.8 Å². The monoisotopic (exact) mass is 282 g/mol. The molecule has 0 unspecified atom stereocenters. The van der Waals surface area contributed by atoms with Gasteiger partial charge in [-0.05, 0) is 0 Å². The zero-order valence-corrected chi connectivity index (χ0v) is 11.8. The van der Waals surface area contributed by atoms with Gasteiger partial charge in [-0.2, -0.15) is 0 Å². The third kappa shape index (κ3) is 2.15. The van der Waals surface area contributed by atoms with Gasteiger partial charge >= 0.3 is 114 Å². The van der Waals surface area contributed by atoms with Crippen LogP contribution in [-0.4, -0.2) is 25.9 Å². The van der Waals surface area contributed by atoms with E-state index in [9.17, 15) is 0 Å². The zero-order chi connectivity index (χ0) is 13.1. The normalized spacial score (nSPS) is 10.4. The fourth-order valence-electron chi connectivity index (χ4n) is 1.97. The van der Waals surface area contributed by atoms with Crippen LogP contribution in [0, 0.1) is 0 Å². The summed E-state index contributed by atoms with van der Waals surface area (Å²) in [6.07, 6.45) is 0. The predicted octanol–water partition coefficient (Wildman–Crippen LogP) is 2.53. The van der Waals surface area contributed by atoms with Crippen LogP contribution < -0.4 is 9.47 Å². The molecule has 0 saturated carbocycles. The number of rotatable bonds is 4.